The number of rotatable bonds is 8. The fourth-order valence-corrected chi connectivity index (χ4v) is 4.44. The van der Waals surface area contributed by atoms with Gasteiger partial charge in [0.1, 0.15) is 4.75 Å². The summed E-state index contributed by atoms with van der Waals surface area (Å²) in [5, 5.41) is 14.3. The molecule has 8 heteroatoms. The number of nitrogens with one attached hydrogen (secondary N) is 1. The molecule has 0 unspecified atom stereocenters. The summed E-state index contributed by atoms with van der Waals surface area (Å²) in [5.74, 6) is -0.270. The van der Waals surface area contributed by atoms with Crippen molar-refractivity contribution in [3.8, 4) is 11.1 Å². The Labute approximate surface area is 166 Å². The molecular weight excluding hydrogens is 380 g/mol. The number of thiazole rings is 1. The Balaban J connectivity index is 1.51. The first-order valence-corrected chi connectivity index (χ1v) is 10.1. The highest BCUT2D eigenvalue weighted by Crippen LogP contribution is 2.34. The molecule has 3 rings (SSSR count). The molecule has 27 heavy (non-hydrogen) atoms. The van der Waals surface area contributed by atoms with Crippen LogP contribution in [-0.4, -0.2) is 37.3 Å². The van der Waals surface area contributed by atoms with Gasteiger partial charge in [0.25, 0.3) is 0 Å². The Hall–Kier alpha value is -2.45. The molecule has 6 nitrogen and oxygen atoms in total. The predicted molar refractivity (Wildman–Crippen MR) is 109 cm³/mol. The van der Waals surface area contributed by atoms with Crippen molar-refractivity contribution in [3.63, 3.8) is 0 Å². The van der Waals surface area contributed by atoms with Crippen LogP contribution < -0.4 is 5.32 Å². The number of aliphatic carboxylic acids is 1. The summed E-state index contributed by atoms with van der Waals surface area (Å²) in [6.45, 7) is 4.01. The minimum Gasteiger partial charge on any atom is -0.480 e. The van der Waals surface area contributed by atoms with Gasteiger partial charge in [-0.3, -0.25) is 4.79 Å². The summed E-state index contributed by atoms with van der Waals surface area (Å²) < 4.78 is -0.123. The SMILES string of the molecule is CC(C)(Sc1nc(CCNc2ncc(-c3ccccc3)cn2)cs1)C(=O)O. The van der Waals surface area contributed by atoms with Gasteiger partial charge in [-0.2, -0.15) is 0 Å². The minimum atomic E-state index is -0.887. The quantitative estimate of drug-likeness (QED) is 0.548. The molecule has 0 bridgehead atoms. The molecule has 0 aliphatic heterocycles. The summed E-state index contributed by atoms with van der Waals surface area (Å²) in [5.41, 5.74) is 2.99. The smallest absolute Gasteiger partial charge is 0.319 e. The fraction of sp³-hybridized carbons (Fsp3) is 0.263. The van der Waals surface area contributed by atoms with Gasteiger partial charge in [-0.1, -0.05) is 42.1 Å². The van der Waals surface area contributed by atoms with Gasteiger partial charge in [0.2, 0.25) is 5.95 Å². The van der Waals surface area contributed by atoms with E-state index in [0.717, 1.165) is 21.2 Å². The largest absolute Gasteiger partial charge is 0.480 e. The van der Waals surface area contributed by atoms with Crippen molar-refractivity contribution >= 4 is 35.0 Å². The fourth-order valence-electron chi connectivity index (χ4n) is 2.21. The van der Waals surface area contributed by atoms with Gasteiger partial charge in [0.05, 0.1) is 5.69 Å². The Morgan fingerprint density at radius 1 is 1.19 bits per heavy atom. The monoisotopic (exact) mass is 400 g/mol. The Bertz CT molecular complexity index is 896. The van der Waals surface area contributed by atoms with Crippen LogP contribution in [0.4, 0.5) is 5.95 Å². The predicted octanol–water partition coefficient (Wildman–Crippen LogP) is 4.21. The van der Waals surface area contributed by atoms with Gasteiger partial charge >= 0.3 is 5.97 Å². The first-order chi connectivity index (χ1) is 12.9. The van der Waals surface area contributed by atoms with Crippen LogP contribution in [0.2, 0.25) is 0 Å². The first-order valence-electron chi connectivity index (χ1n) is 8.42. The zero-order chi connectivity index (χ0) is 19.3. The van der Waals surface area contributed by atoms with Crippen molar-refractivity contribution in [1.82, 2.24) is 15.0 Å². The number of anilines is 1. The van der Waals surface area contributed by atoms with Crippen LogP contribution in [0.25, 0.3) is 11.1 Å². The van der Waals surface area contributed by atoms with Crippen molar-refractivity contribution in [1.29, 1.82) is 0 Å². The second-order valence-electron chi connectivity index (χ2n) is 6.36. The molecule has 0 radical (unpaired) electrons. The number of thioether (sulfide) groups is 1. The van der Waals surface area contributed by atoms with Crippen LogP contribution in [0, 0.1) is 0 Å². The van der Waals surface area contributed by atoms with E-state index in [1.165, 1.54) is 23.1 Å². The van der Waals surface area contributed by atoms with E-state index >= 15 is 0 Å². The van der Waals surface area contributed by atoms with Gasteiger partial charge < -0.3 is 10.4 Å². The van der Waals surface area contributed by atoms with Crippen LogP contribution >= 0.6 is 23.1 Å². The maximum Gasteiger partial charge on any atom is 0.319 e. The van der Waals surface area contributed by atoms with E-state index in [1.807, 2.05) is 35.7 Å². The molecule has 0 fully saturated rings. The van der Waals surface area contributed by atoms with Crippen LogP contribution in [0.3, 0.4) is 0 Å². The lowest BCUT2D eigenvalue weighted by Gasteiger charge is -2.15. The van der Waals surface area contributed by atoms with Gasteiger partial charge in [-0.05, 0) is 19.4 Å². The van der Waals surface area contributed by atoms with E-state index in [1.54, 1.807) is 26.2 Å². The molecule has 140 valence electrons. The Morgan fingerprint density at radius 3 is 2.56 bits per heavy atom. The van der Waals surface area contributed by atoms with Crippen molar-refractivity contribution < 1.29 is 9.90 Å². The molecule has 0 aliphatic rings. The van der Waals surface area contributed by atoms with Crippen molar-refractivity contribution in [2.24, 2.45) is 0 Å². The summed E-state index contributed by atoms with van der Waals surface area (Å²) in [4.78, 5) is 24.4. The molecule has 2 N–H and O–H groups in total. The maximum atomic E-state index is 11.2. The third kappa shape index (κ3) is 5.27. The molecule has 0 spiro atoms. The van der Waals surface area contributed by atoms with Gasteiger partial charge in [-0.25, -0.2) is 15.0 Å². The van der Waals surface area contributed by atoms with Crippen molar-refractivity contribution in [2.45, 2.75) is 29.4 Å². The summed E-state index contributed by atoms with van der Waals surface area (Å²) >= 11 is 2.74. The summed E-state index contributed by atoms with van der Waals surface area (Å²) in [6.07, 6.45) is 4.32. The standard InChI is InChI=1S/C19H20N4O2S2/c1-19(2,16(24)25)27-18-23-15(12-26-18)8-9-20-17-21-10-14(11-22-17)13-6-4-3-5-7-13/h3-7,10-12H,8-9H2,1-2H3,(H,24,25)(H,20,21,22). The minimum absolute atomic E-state index is 0.575. The number of carbonyl (C=O) groups is 1. The topological polar surface area (TPSA) is 88.0 Å². The molecule has 0 atom stereocenters. The molecule has 2 aromatic heterocycles. The Kier molecular flexibility index (Phi) is 6.08. The number of nitrogens with zero attached hydrogens (tertiary/aromatic N) is 3. The number of carboxylic acid groups (broad SMARTS) is 1. The normalized spacial score (nSPS) is 11.3. The number of aromatic nitrogens is 3. The number of benzene rings is 1. The second kappa shape index (κ2) is 8.49. The number of carboxylic acids is 1. The summed E-state index contributed by atoms with van der Waals surface area (Å²) in [6, 6.07) is 9.99. The highest BCUT2D eigenvalue weighted by atomic mass is 32.2. The lowest BCUT2D eigenvalue weighted by molar-refractivity contribution is -0.138. The van der Waals surface area contributed by atoms with Crippen LogP contribution in [-0.2, 0) is 11.2 Å². The highest BCUT2D eigenvalue weighted by molar-refractivity contribution is 8.02. The van der Waals surface area contributed by atoms with Crippen LogP contribution in [0.1, 0.15) is 19.5 Å². The van der Waals surface area contributed by atoms with E-state index in [4.69, 9.17) is 0 Å². The van der Waals surface area contributed by atoms with Gasteiger partial charge in [0, 0.05) is 36.3 Å². The lowest BCUT2D eigenvalue weighted by atomic mass is 10.1. The van der Waals surface area contributed by atoms with E-state index in [0.29, 0.717) is 18.9 Å². The van der Waals surface area contributed by atoms with E-state index in [2.05, 4.69) is 20.3 Å². The zero-order valence-corrected chi connectivity index (χ0v) is 16.7. The first kappa shape index (κ1) is 19.3. The average molecular weight is 401 g/mol. The molecule has 2 heterocycles. The molecular formula is C19H20N4O2S2. The van der Waals surface area contributed by atoms with Crippen molar-refractivity contribution in [3.05, 3.63) is 53.8 Å². The van der Waals surface area contributed by atoms with E-state index < -0.39 is 10.7 Å². The Morgan fingerprint density at radius 2 is 1.89 bits per heavy atom. The number of hydrogen-bond donors (Lipinski definition) is 2. The highest BCUT2D eigenvalue weighted by Gasteiger charge is 2.29. The summed E-state index contributed by atoms with van der Waals surface area (Å²) in [7, 11) is 0. The maximum absolute atomic E-state index is 11.2. The number of hydrogen-bond acceptors (Lipinski definition) is 7. The molecule has 0 saturated heterocycles. The average Bonchev–Trinajstić information content (AvgIpc) is 3.09. The van der Waals surface area contributed by atoms with E-state index in [9.17, 15) is 9.90 Å². The van der Waals surface area contributed by atoms with E-state index in [-0.39, 0.29) is 0 Å². The molecule has 0 aliphatic carbocycles. The van der Waals surface area contributed by atoms with Gasteiger partial charge in [0.15, 0.2) is 4.34 Å². The van der Waals surface area contributed by atoms with Crippen LogP contribution in [0.15, 0.2) is 52.4 Å². The molecule has 1 aromatic carbocycles. The lowest BCUT2D eigenvalue weighted by Crippen LogP contribution is -2.26. The van der Waals surface area contributed by atoms with Crippen LogP contribution in [0.5, 0.6) is 0 Å². The zero-order valence-electron chi connectivity index (χ0n) is 15.0. The van der Waals surface area contributed by atoms with Crippen molar-refractivity contribution in [2.75, 3.05) is 11.9 Å². The third-order valence-corrected chi connectivity index (χ3v) is 5.98. The molecule has 0 saturated carbocycles. The molecule has 3 aromatic rings. The molecule has 0 amide bonds. The van der Waals surface area contributed by atoms with Gasteiger partial charge in [-0.15, -0.1) is 11.3 Å². The third-order valence-electron chi connectivity index (χ3n) is 3.81. The second-order valence-corrected chi connectivity index (χ2v) is 9.09.